The van der Waals surface area contributed by atoms with Gasteiger partial charge in [0.2, 0.25) is 0 Å². The lowest BCUT2D eigenvalue weighted by molar-refractivity contribution is -0.115. The van der Waals surface area contributed by atoms with Gasteiger partial charge in [0, 0.05) is 5.69 Å². The summed E-state index contributed by atoms with van der Waals surface area (Å²) < 4.78 is 0. The Balaban J connectivity index is 2.84. The highest BCUT2D eigenvalue weighted by Crippen LogP contribution is 2.13. The van der Waals surface area contributed by atoms with Crippen molar-refractivity contribution < 1.29 is 9.59 Å². The van der Waals surface area contributed by atoms with Crippen molar-refractivity contribution in [3.05, 3.63) is 29.8 Å². The zero-order valence-electron chi connectivity index (χ0n) is 7.91. The molecule has 0 aromatic heterocycles. The first-order valence-corrected chi connectivity index (χ1v) is 4.23. The monoisotopic (exact) mass is 192 g/mol. The average Bonchev–Trinajstić information content (AvgIpc) is 2.15. The molecule has 0 bridgehead atoms. The van der Waals surface area contributed by atoms with Gasteiger partial charge >= 0.3 is 0 Å². The van der Waals surface area contributed by atoms with E-state index in [9.17, 15) is 9.59 Å². The quantitative estimate of drug-likeness (QED) is 0.740. The molecule has 4 heteroatoms. The van der Waals surface area contributed by atoms with Gasteiger partial charge in [-0.2, -0.15) is 0 Å². The second-order valence-corrected chi connectivity index (χ2v) is 2.97. The summed E-state index contributed by atoms with van der Waals surface area (Å²) in [7, 11) is 0. The van der Waals surface area contributed by atoms with Crippen LogP contribution in [0, 0.1) is 0 Å². The topological polar surface area (TPSA) is 72.2 Å². The second kappa shape index (κ2) is 4.41. The zero-order chi connectivity index (χ0) is 10.6. The molecule has 1 rings (SSSR count). The Morgan fingerprint density at radius 3 is 2.57 bits per heavy atom. The molecule has 0 unspecified atom stereocenters. The Bertz CT molecular complexity index is 361. The molecule has 0 aliphatic rings. The van der Waals surface area contributed by atoms with Gasteiger partial charge < -0.3 is 11.1 Å². The van der Waals surface area contributed by atoms with Crippen molar-refractivity contribution in [1.29, 1.82) is 0 Å². The Kier molecular flexibility index (Phi) is 3.23. The molecule has 1 aromatic rings. The van der Waals surface area contributed by atoms with Crippen LogP contribution >= 0.6 is 0 Å². The normalized spacial score (nSPS) is 9.50. The number of hydrogen-bond acceptors (Lipinski definition) is 3. The smallest absolute Gasteiger partial charge is 0.250 e. The fraction of sp³-hybridized carbons (Fsp3) is 0.200. The highest BCUT2D eigenvalue weighted by Gasteiger charge is 2.06. The Hall–Kier alpha value is -1.84. The van der Waals surface area contributed by atoms with Gasteiger partial charge in [0.25, 0.3) is 5.91 Å². The van der Waals surface area contributed by atoms with Crippen LogP contribution in [0.1, 0.15) is 17.3 Å². The van der Waals surface area contributed by atoms with Crippen molar-refractivity contribution in [2.24, 2.45) is 5.73 Å². The molecule has 0 aliphatic carbocycles. The molecule has 1 amide bonds. The van der Waals surface area contributed by atoms with Gasteiger partial charge in [-0.1, -0.05) is 12.1 Å². The van der Waals surface area contributed by atoms with Crippen LogP contribution in [0.25, 0.3) is 0 Å². The van der Waals surface area contributed by atoms with Crippen LogP contribution in [-0.4, -0.2) is 18.2 Å². The minimum atomic E-state index is -0.503. The minimum absolute atomic E-state index is 0.00396. The fourth-order valence-electron chi connectivity index (χ4n) is 1.07. The van der Waals surface area contributed by atoms with Gasteiger partial charge in [0.05, 0.1) is 12.1 Å². The maximum absolute atomic E-state index is 11.0. The molecule has 14 heavy (non-hydrogen) atoms. The number of nitrogens with two attached hydrogens (primary N) is 1. The van der Waals surface area contributed by atoms with Crippen molar-refractivity contribution in [3.63, 3.8) is 0 Å². The summed E-state index contributed by atoms with van der Waals surface area (Å²) in [6.07, 6.45) is 0. The van der Waals surface area contributed by atoms with Crippen LogP contribution in [0.2, 0.25) is 0 Å². The number of anilines is 1. The number of nitrogens with one attached hydrogen (secondary N) is 1. The number of amides is 1. The standard InChI is InChI=1S/C10H12N2O2/c1-7(13)6-12-9-5-3-2-4-8(9)10(11)14/h2-5,12H,6H2,1H3,(H2,11,14). The lowest BCUT2D eigenvalue weighted by Crippen LogP contribution is -2.16. The maximum atomic E-state index is 11.0. The van der Waals surface area contributed by atoms with Crippen molar-refractivity contribution in [1.82, 2.24) is 0 Å². The van der Waals surface area contributed by atoms with E-state index in [0.29, 0.717) is 11.3 Å². The van der Waals surface area contributed by atoms with Gasteiger partial charge in [0.15, 0.2) is 0 Å². The first-order valence-electron chi connectivity index (χ1n) is 4.23. The summed E-state index contributed by atoms with van der Waals surface area (Å²) in [5.74, 6) is -0.499. The van der Waals surface area contributed by atoms with Crippen molar-refractivity contribution in [2.75, 3.05) is 11.9 Å². The Labute approximate surface area is 82.1 Å². The van der Waals surface area contributed by atoms with Crippen LogP contribution < -0.4 is 11.1 Å². The lowest BCUT2D eigenvalue weighted by Gasteiger charge is -2.07. The molecular weight excluding hydrogens is 180 g/mol. The third-order valence-electron chi connectivity index (χ3n) is 1.72. The predicted molar refractivity (Wildman–Crippen MR) is 54.1 cm³/mol. The molecule has 0 saturated heterocycles. The minimum Gasteiger partial charge on any atom is -0.377 e. The van der Waals surface area contributed by atoms with Crippen LogP contribution in [0.15, 0.2) is 24.3 Å². The molecular formula is C10H12N2O2. The summed E-state index contributed by atoms with van der Waals surface area (Å²) >= 11 is 0. The molecule has 0 saturated carbocycles. The number of ketones is 1. The number of Topliss-reactive ketones (excluding diaryl/α,β-unsaturated/α-hetero) is 1. The van der Waals surface area contributed by atoms with Gasteiger partial charge in [-0.15, -0.1) is 0 Å². The number of benzene rings is 1. The maximum Gasteiger partial charge on any atom is 0.250 e. The SMILES string of the molecule is CC(=O)CNc1ccccc1C(N)=O. The van der Waals surface area contributed by atoms with Gasteiger partial charge in [-0.3, -0.25) is 9.59 Å². The summed E-state index contributed by atoms with van der Waals surface area (Å²) in [6.45, 7) is 1.67. The molecule has 0 radical (unpaired) electrons. The zero-order valence-corrected chi connectivity index (χ0v) is 7.91. The molecule has 74 valence electrons. The van der Waals surface area contributed by atoms with Gasteiger partial charge in [0.1, 0.15) is 5.78 Å². The van der Waals surface area contributed by atoms with E-state index >= 15 is 0 Å². The molecule has 1 aromatic carbocycles. The average molecular weight is 192 g/mol. The molecule has 0 fully saturated rings. The summed E-state index contributed by atoms with van der Waals surface area (Å²) in [6, 6.07) is 6.82. The van der Waals surface area contributed by atoms with E-state index < -0.39 is 5.91 Å². The molecule has 0 spiro atoms. The van der Waals surface area contributed by atoms with E-state index in [0.717, 1.165) is 0 Å². The second-order valence-electron chi connectivity index (χ2n) is 2.97. The highest BCUT2D eigenvalue weighted by atomic mass is 16.1. The highest BCUT2D eigenvalue weighted by molar-refractivity contribution is 5.98. The fourth-order valence-corrected chi connectivity index (χ4v) is 1.07. The molecule has 0 aliphatic heterocycles. The number of para-hydroxylation sites is 1. The first-order chi connectivity index (χ1) is 6.61. The summed E-state index contributed by atoms with van der Waals surface area (Å²) in [5.41, 5.74) is 6.15. The van der Waals surface area contributed by atoms with Gasteiger partial charge in [-0.05, 0) is 19.1 Å². The number of primary amides is 1. The van der Waals surface area contributed by atoms with E-state index in [4.69, 9.17) is 5.73 Å². The first kappa shape index (κ1) is 10.2. The van der Waals surface area contributed by atoms with Crippen molar-refractivity contribution >= 4 is 17.4 Å². The van der Waals surface area contributed by atoms with Crippen molar-refractivity contribution in [3.8, 4) is 0 Å². The summed E-state index contributed by atoms with van der Waals surface area (Å²) in [4.78, 5) is 21.7. The Morgan fingerprint density at radius 1 is 1.36 bits per heavy atom. The molecule has 4 nitrogen and oxygen atoms in total. The van der Waals surface area contributed by atoms with Crippen LogP contribution in [0.4, 0.5) is 5.69 Å². The van der Waals surface area contributed by atoms with Crippen LogP contribution in [0.5, 0.6) is 0 Å². The van der Waals surface area contributed by atoms with E-state index in [1.165, 1.54) is 6.92 Å². The van der Waals surface area contributed by atoms with E-state index in [1.54, 1.807) is 24.3 Å². The molecule has 3 N–H and O–H groups in total. The lowest BCUT2D eigenvalue weighted by atomic mass is 10.1. The number of rotatable bonds is 4. The van der Waals surface area contributed by atoms with Crippen LogP contribution in [0.3, 0.4) is 0 Å². The summed E-state index contributed by atoms with van der Waals surface area (Å²) in [5, 5.41) is 2.84. The molecule has 0 heterocycles. The largest absolute Gasteiger partial charge is 0.377 e. The third-order valence-corrected chi connectivity index (χ3v) is 1.72. The van der Waals surface area contributed by atoms with E-state index in [2.05, 4.69) is 5.32 Å². The number of carbonyl (C=O) groups excluding carboxylic acids is 2. The third kappa shape index (κ3) is 2.58. The number of hydrogen-bond donors (Lipinski definition) is 2. The Morgan fingerprint density at radius 2 is 2.00 bits per heavy atom. The number of carbonyl (C=O) groups is 2. The van der Waals surface area contributed by atoms with Crippen LogP contribution in [-0.2, 0) is 4.79 Å². The van der Waals surface area contributed by atoms with Crippen molar-refractivity contribution in [2.45, 2.75) is 6.92 Å². The predicted octanol–water partition coefficient (Wildman–Crippen LogP) is 0.786. The van der Waals surface area contributed by atoms with Gasteiger partial charge in [-0.25, -0.2) is 0 Å². The van der Waals surface area contributed by atoms with E-state index in [-0.39, 0.29) is 12.3 Å². The molecule has 0 atom stereocenters. The van der Waals surface area contributed by atoms with E-state index in [1.807, 2.05) is 0 Å².